The van der Waals surface area contributed by atoms with E-state index in [1.165, 1.54) is 0 Å². The van der Waals surface area contributed by atoms with E-state index in [0.29, 0.717) is 11.5 Å². The van der Waals surface area contributed by atoms with Crippen molar-refractivity contribution in [3.8, 4) is 11.5 Å². The van der Waals surface area contributed by atoms with Gasteiger partial charge in [-0.25, -0.2) is 0 Å². The Balaban J connectivity index is 2.82. The lowest BCUT2D eigenvalue weighted by Crippen LogP contribution is -2.44. The number of rotatable bonds is 6. The van der Waals surface area contributed by atoms with Crippen molar-refractivity contribution < 1.29 is 14.3 Å². The van der Waals surface area contributed by atoms with E-state index in [1.54, 1.807) is 14.2 Å². The van der Waals surface area contributed by atoms with Gasteiger partial charge in [0.2, 0.25) is 5.91 Å². The molecule has 0 aromatic heterocycles. The van der Waals surface area contributed by atoms with Crippen molar-refractivity contribution in [2.75, 3.05) is 14.2 Å². The molecule has 3 N–H and O–H groups in total. The van der Waals surface area contributed by atoms with E-state index in [1.807, 2.05) is 39.0 Å². The zero-order valence-corrected chi connectivity index (χ0v) is 12.8. The Morgan fingerprint density at radius 3 is 2.25 bits per heavy atom. The van der Waals surface area contributed by atoms with Gasteiger partial charge in [0.05, 0.1) is 26.3 Å². The molecule has 0 saturated carbocycles. The van der Waals surface area contributed by atoms with E-state index in [4.69, 9.17) is 15.2 Å². The monoisotopic (exact) mass is 280 g/mol. The second-order valence-corrected chi connectivity index (χ2v) is 5.11. The van der Waals surface area contributed by atoms with Crippen LogP contribution in [0.15, 0.2) is 18.2 Å². The topological polar surface area (TPSA) is 73.6 Å². The molecule has 0 bridgehead atoms. The molecule has 0 spiro atoms. The van der Waals surface area contributed by atoms with Crippen LogP contribution in [0.3, 0.4) is 0 Å². The molecule has 1 aromatic carbocycles. The fourth-order valence-electron chi connectivity index (χ4n) is 1.82. The number of carbonyl (C=O) groups is 1. The van der Waals surface area contributed by atoms with Gasteiger partial charge in [0.25, 0.3) is 0 Å². The van der Waals surface area contributed by atoms with Gasteiger partial charge in [-0.15, -0.1) is 0 Å². The highest BCUT2D eigenvalue weighted by Gasteiger charge is 2.20. The summed E-state index contributed by atoms with van der Waals surface area (Å²) in [7, 11) is 3.17. The molecule has 20 heavy (non-hydrogen) atoms. The SMILES string of the molecule is COc1ccc(C(C)NC(=O)C(N)C(C)C)cc1OC. The zero-order valence-electron chi connectivity index (χ0n) is 12.8. The molecule has 2 unspecified atom stereocenters. The van der Waals surface area contributed by atoms with Crippen LogP contribution in [0.25, 0.3) is 0 Å². The first-order valence-corrected chi connectivity index (χ1v) is 6.68. The van der Waals surface area contributed by atoms with Crippen LogP contribution in [-0.4, -0.2) is 26.2 Å². The first-order valence-electron chi connectivity index (χ1n) is 6.68. The second kappa shape index (κ2) is 7.14. The van der Waals surface area contributed by atoms with Crippen molar-refractivity contribution >= 4 is 5.91 Å². The highest BCUT2D eigenvalue weighted by Crippen LogP contribution is 2.29. The number of nitrogens with two attached hydrogens (primary N) is 1. The van der Waals surface area contributed by atoms with E-state index in [2.05, 4.69) is 5.32 Å². The maximum atomic E-state index is 12.0. The number of ether oxygens (including phenoxy) is 2. The summed E-state index contributed by atoms with van der Waals surface area (Å²) in [5, 5.41) is 2.91. The molecule has 1 aromatic rings. The number of nitrogens with one attached hydrogen (secondary N) is 1. The molecule has 0 radical (unpaired) electrons. The highest BCUT2D eigenvalue weighted by molar-refractivity contribution is 5.82. The van der Waals surface area contributed by atoms with Crippen molar-refractivity contribution in [3.05, 3.63) is 23.8 Å². The fourth-order valence-corrected chi connectivity index (χ4v) is 1.82. The predicted octanol–water partition coefficient (Wildman–Crippen LogP) is 1.86. The van der Waals surface area contributed by atoms with Crippen molar-refractivity contribution in [1.29, 1.82) is 0 Å². The number of hydrogen-bond donors (Lipinski definition) is 2. The Morgan fingerprint density at radius 1 is 1.15 bits per heavy atom. The predicted molar refractivity (Wildman–Crippen MR) is 78.9 cm³/mol. The van der Waals surface area contributed by atoms with Gasteiger partial charge >= 0.3 is 0 Å². The van der Waals surface area contributed by atoms with Crippen LogP contribution in [0.2, 0.25) is 0 Å². The van der Waals surface area contributed by atoms with E-state index in [-0.39, 0.29) is 17.9 Å². The summed E-state index contributed by atoms with van der Waals surface area (Å²) in [4.78, 5) is 12.0. The first kappa shape index (κ1) is 16.3. The lowest BCUT2D eigenvalue weighted by atomic mass is 10.0. The molecule has 112 valence electrons. The Bertz CT molecular complexity index is 460. The molecule has 0 saturated heterocycles. The molecule has 0 fully saturated rings. The molecule has 0 aliphatic heterocycles. The lowest BCUT2D eigenvalue weighted by Gasteiger charge is -2.20. The van der Waals surface area contributed by atoms with Crippen LogP contribution in [0.5, 0.6) is 11.5 Å². The average Bonchev–Trinajstić information content (AvgIpc) is 2.45. The van der Waals surface area contributed by atoms with Gasteiger partial charge in [-0.1, -0.05) is 19.9 Å². The first-order chi connectivity index (χ1) is 9.40. The quantitative estimate of drug-likeness (QED) is 0.834. The minimum atomic E-state index is -0.502. The Morgan fingerprint density at radius 2 is 1.75 bits per heavy atom. The molecule has 0 heterocycles. The summed E-state index contributed by atoms with van der Waals surface area (Å²) in [5.74, 6) is 1.25. The Kier molecular flexibility index (Phi) is 5.82. The molecule has 5 heteroatoms. The summed E-state index contributed by atoms with van der Waals surface area (Å²) in [6.45, 7) is 5.75. The molecular formula is C15H24N2O3. The maximum absolute atomic E-state index is 12.0. The van der Waals surface area contributed by atoms with Crippen LogP contribution in [0, 0.1) is 5.92 Å². The Labute approximate surface area is 120 Å². The summed E-state index contributed by atoms with van der Waals surface area (Å²) in [6.07, 6.45) is 0. The summed E-state index contributed by atoms with van der Waals surface area (Å²) in [6, 6.07) is 4.92. The zero-order chi connectivity index (χ0) is 15.3. The molecule has 1 amide bonds. The van der Waals surface area contributed by atoms with E-state index in [0.717, 1.165) is 5.56 Å². The van der Waals surface area contributed by atoms with Crippen LogP contribution in [0.4, 0.5) is 0 Å². The van der Waals surface area contributed by atoms with Gasteiger partial charge in [0.1, 0.15) is 0 Å². The van der Waals surface area contributed by atoms with Gasteiger partial charge in [-0.2, -0.15) is 0 Å². The maximum Gasteiger partial charge on any atom is 0.237 e. The standard InChI is InChI=1S/C15H24N2O3/c1-9(2)14(16)15(18)17-10(3)11-6-7-12(19-4)13(8-11)20-5/h6-10,14H,16H2,1-5H3,(H,17,18). The summed E-state index contributed by atoms with van der Waals surface area (Å²) >= 11 is 0. The minimum absolute atomic E-state index is 0.104. The number of hydrogen-bond acceptors (Lipinski definition) is 4. The van der Waals surface area contributed by atoms with Gasteiger partial charge in [0, 0.05) is 0 Å². The molecular weight excluding hydrogens is 256 g/mol. The summed E-state index contributed by atoms with van der Waals surface area (Å²) < 4.78 is 10.4. The third-order valence-electron chi connectivity index (χ3n) is 3.29. The third-order valence-corrected chi connectivity index (χ3v) is 3.29. The van der Waals surface area contributed by atoms with Crippen LogP contribution in [0.1, 0.15) is 32.4 Å². The number of carbonyl (C=O) groups excluding carboxylic acids is 1. The van der Waals surface area contributed by atoms with Crippen molar-refractivity contribution in [3.63, 3.8) is 0 Å². The lowest BCUT2D eigenvalue weighted by molar-refractivity contribution is -0.123. The largest absolute Gasteiger partial charge is 0.493 e. The molecule has 1 rings (SSSR count). The number of methoxy groups -OCH3 is 2. The van der Waals surface area contributed by atoms with E-state index < -0.39 is 6.04 Å². The third kappa shape index (κ3) is 3.87. The fraction of sp³-hybridized carbons (Fsp3) is 0.533. The average molecular weight is 280 g/mol. The van der Waals surface area contributed by atoms with E-state index in [9.17, 15) is 4.79 Å². The highest BCUT2D eigenvalue weighted by atomic mass is 16.5. The van der Waals surface area contributed by atoms with Crippen molar-refractivity contribution in [2.45, 2.75) is 32.9 Å². The summed E-state index contributed by atoms with van der Waals surface area (Å²) in [5.41, 5.74) is 6.77. The molecule has 5 nitrogen and oxygen atoms in total. The van der Waals surface area contributed by atoms with Gasteiger partial charge in [0.15, 0.2) is 11.5 Å². The smallest absolute Gasteiger partial charge is 0.237 e. The van der Waals surface area contributed by atoms with Gasteiger partial charge in [-0.05, 0) is 30.5 Å². The number of amides is 1. The molecule has 0 aliphatic rings. The Hall–Kier alpha value is -1.75. The normalized spacial score (nSPS) is 13.8. The van der Waals surface area contributed by atoms with Gasteiger partial charge in [-0.3, -0.25) is 4.79 Å². The van der Waals surface area contributed by atoms with Gasteiger partial charge < -0.3 is 20.5 Å². The van der Waals surface area contributed by atoms with Crippen LogP contribution >= 0.6 is 0 Å². The van der Waals surface area contributed by atoms with Crippen LogP contribution in [-0.2, 0) is 4.79 Å². The second-order valence-electron chi connectivity index (χ2n) is 5.11. The van der Waals surface area contributed by atoms with Crippen molar-refractivity contribution in [2.24, 2.45) is 11.7 Å². The number of benzene rings is 1. The molecule has 0 aliphatic carbocycles. The minimum Gasteiger partial charge on any atom is -0.493 e. The van der Waals surface area contributed by atoms with Crippen LogP contribution < -0.4 is 20.5 Å². The van der Waals surface area contributed by atoms with Crippen molar-refractivity contribution in [1.82, 2.24) is 5.32 Å². The molecule has 2 atom stereocenters. The van der Waals surface area contributed by atoms with E-state index >= 15 is 0 Å².